The first-order chi connectivity index (χ1) is 12.9. The second kappa shape index (κ2) is 7.74. The Morgan fingerprint density at radius 3 is 1.93 bits per heavy atom. The molecule has 0 spiro atoms. The van der Waals surface area contributed by atoms with Crippen LogP contribution in [0.3, 0.4) is 0 Å². The highest BCUT2D eigenvalue weighted by molar-refractivity contribution is 6.05. The molecule has 27 heavy (non-hydrogen) atoms. The fourth-order valence-corrected chi connectivity index (χ4v) is 3.04. The molecule has 7 nitrogen and oxygen atoms in total. The summed E-state index contributed by atoms with van der Waals surface area (Å²) in [6.45, 7) is 0. The van der Waals surface area contributed by atoms with Gasteiger partial charge in [0.25, 0.3) is 11.4 Å². The Balaban J connectivity index is 2.02. The second-order valence-corrected chi connectivity index (χ2v) is 6.21. The molecule has 0 saturated heterocycles. The summed E-state index contributed by atoms with van der Waals surface area (Å²) >= 11 is 0. The fraction of sp³-hybridized carbons (Fsp3) is 0.150. The van der Waals surface area contributed by atoms with Gasteiger partial charge in [0.1, 0.15) is 0 Å². The third-order valence-electron chi connectivity index (χ3n) is 4.31. The van der Waals surface area contributed by atoms with Crippen LogP contribution in [0.2, 0.25) is 0 Å². The molecule has 0 bridgehead atoms. The van der Waals surface area contributed by atoms with Crippen LogP contribution in [0.5, 0.6) is 0 Å². The molecule has 0 amide bonds. The lowest BCUT2D eigenvalue weighted by Gasteiger charge is -2.17. The molecule has 3 rings (SSSR count). The number of hydrogen-bond acceptors (Lipinski definition) is 5. The van der Waals surface area contributed by atoms with Crippen LogP contribution in [0.15, 0.2) is 59.7 Å². The number of Topliss-reactive ketones (excluding diaryl/α,β-unsaturated/α-hetero) is 1. The molecule has 7 heteroatoms. The van der Waals surface area contributed by atoms with Crippen molar-refractivity contribution < 1.29 is 14.6 Å². The zero-order chi connectivity index (χ0) is 19.4. The topological polar surface area (TPSA) is 103 Å². The molecule has 1 aliphatic carbocycles. The van der Waals surface area contributed by atoms with E-state index in [0.717, 1.165) is 5.57 Å². The number of nitro groups is 2. The summed E-state index contributed by atoms with van der Waals surface area (Å²) in [6.07, 6.45) is 5.19. The van der Waals surface area contributed by atoms with E-state index in [0.29, 0.717) is 36.0 Å². The molecule has 2 aromatic carbocycles. The number of carbonyl (C=O) groups excluding carboxylic acids is 1. The van der Waals surface area contributed by atoms with Crippen molar-refractivity contribution in [2.45, 2.75) is 19.3 Å². The lowest BCUT2D eigenvalue weighted by atomic mass is 9.86. The third kappa shape index (κ3) is 4.33. The van der Waals surface area contributed by atoms with Crippen LogP contribution < -0.4 is 0 Å². The van der Waals surface area contributed by atoms with Gasteiger partial charge in [0.2, 0.25) is 0 Å². The molecule has 0 radical (unpaired) electrons. The molecule has 1 saturated carbocycles. The Morgan fingerprint density at radius 2 is 1.37 bits per heavy atom. The molecular formula is C20H16N2O5. The van der Waals surface area contributed by atoms with Crippen LogP contribution >= 0.6 is 0 Å². The highest BCUT2D eigenvalue weighted by Crippen LogP contribution is 2.31. The zero-order valence-corrected chi connectivity index (χ0v) is 14.3. The van der Waals surface area contributed by atoms with Gasteiger partial charge in [-0.1, -0.05) is 30.3 Å². The van der Waals surface area contributed by atoms with Gasteiger partial charge in [-0.25, -0.2) is 0 Å². The Bertz CT molecular complexity index is 991. The first-order valence-corrected chi connectivity index (χ1v) is 8.39. The maximum absolute atomic E-state index is 12.4. The van der Waals surface area contributed by atoms with Gasteiger partial charge >= 0.3 is 0 Å². The number of rotatable bonds is 4. The van der Waals surface area contributed by atoms with Crippen LogP contribution in [0, 0.1) is 20.2 Å². The smallest absolute Gasteiger partial charge is 0.270 e. The number of hydrogen-bond donors (Lipinski definition) is 0. The second-order valence-electron chi connectivity index (χ2n) is 6.21. The zero-order valence-electron chi connectivity index (χ0n) is 14.3. The van der Waals surface area contributed by atoms with Crippen molar-refractivity contribution in [3.05, 3.63) is 91.0 Å². The molecule has 1 fully saturated rings. The van der Waals surface area contributed by atoms with E-state index >= 15 is 0 Å². The van der Waals surface area contributed by atoms with Gasteiger partial charge in [-0.05, 0) is 35.6 Å². The van der Waals surface area contributed by atoms with Gasteiger partial charge in [0.05, 0.1) is 9.85 Å². The van der Waals surface area contributed by atoms with Crippen molar-refractivity contribution in [3.8, 4) is 0 Å². The monoisotopic (exact) mass is 364 g/mol. The van der Waals surface area contributed by atoms with Crippen LogP contribution in [0.1, 0.15) is 30.4 Å². The van der Waals surface area contributed by atoms with E-state index in [1.165, 1.54) is 24.3 Å². The van der Waals surface area contributed by atoms with Crippen molar-refractivity contribution >= 4 is 29.3 Å². The van der Waals surface area contributed by atoms with Crippen LogP contribution in [0.25, 0.3) is 12.2 Å². The number of nitrogens with zero attached hydrogens (tertiary/aromatic N) is 2. The Hall–Kier alpha value is -3.61. The van der Waals surface area contributed by atoms with Crippen molar-refractivity contribution in [1.29, 1.82) is 0 Å². The summed E-state index contributed by atoms with van der Waals surface area (Å²) in [6, 6.07) is 12.3. The summed E-state index contributed by atoms with van der Waals surface area (Å²) in [7, 11) is 0. The van der Waals surface area contributed by atoms with E-state index in [1.807, 2.05) is 0 Å². The minimum absolute atomic E-state index is 0.0179. The molecule has 0 aromatic heterocycles. The predicted octanol–water partition coefficient (Wildman–Crippen LogP) is 4.72. The lowest BCUT2D eigenvalue weighted by Crippen LogP contribution is -2.11. The standard InChI is InChI=1S/C20H16N2O5/c23-20-9-3-6-16(10-14-4-1-7-17(11-14)21(24)25)19(20)13-15-5-2-8-18(12-15)22(26)27/h1-2,4-5,7-8,10-13H,3,6,9H2. The molecule has 0 heterocycles. The highest BCUT2D eigenvalue weighted by atomic mass is 16.6. The number of benzene rings is 2. The Labute approximate surface area is 154 Å². The summed E-state index contributed by atoms with van der Waals surface area (Å²) < 4.78 is 0. The fourth-order valence-electron chi connectivity index (χ4n) is 3.04. The van der Waals surface area contributed by atoms with Gasteiger partial charge in [-0.2, -0.15) is 0 Å². The molecule has 136 valence electrons. The Kier molecular flexibility index (Phi) is 5.21. The number of non-ortho nitro benzene ring substituents is 2. The average Bonchev–Trinajstić information content (AvgIpc) is 2.65. The number of carbonyl (C=O) groups is 1. The third-order valence-corrected chi connectivity index (χ3v) is 4.31. The van der Waals surface area contributed by atoms with E-state index in [9.17, 15) is 25.0 Å². The van der Waals surface area contributed by atoms with E-state index < -0.39 is 9.85 Å². The molecule has 2 aromatic rings. The normalized spacial score (nSPS) is 17.3. The number of ketones is 1. The Morgan fingerprint density at radius 1 is 0.815 bits per heavy atom. The van der Waals surface area contributed by atoms with Crippen molar-refractivity contribution in [1.82, 2.24) is 0 Å². The summed E-state index contributed by atoms with van der Waals surface area (Å²) in [5.41, 5.74) is 2.41. The minimum Gasteiger partial charge on any atom is -0.294 e. The molecule has 0 atom stereocenters. The lowest BCUT2D eigenvalue weighted by molar-refractivity contribution is -0.385. The van der Waals surface area contributed by atoms with Gasteiger partial charge in [-0.15, -0.1) is 0 Å². The SMILES string of the molecule is O=C1CCCC(=Cc2cccc([N+](=O)[O-])c2)C1=Cc1cccc([N+](=O)[O-])c1. The van der Waals surface area contributed by atoms with Crippen molar-refractivity contribution in [2.75, 3.05) is 0 Å². The van der Waals surface area contributed by atoms with Crippen LogP contribution in [-0.4, -0.2) is 15.6 Å². The van der Waals surface area contributed by atoms with Crippen molar-refractivity contribution in [3.63, 3.8) is 0 Å². The molecule has 0 unspecified atom stereocenters. The van der Waals surface area contributed by atoms with E-state index in [2.05, 4.69) is 0 Å². The first-order valence-electron chi connectivity index (χ1n) is 8.39. The van der Waals surface area contributed by atoms with Gasteiger partial charge in [-0.3, -0.25) is 25.0 Å². The van der Waals surface area contributed by atoms with Gasteiger partial charge < -0.3 is 0 Å². The molecule has 1 aliphatic rings. The van der Waals surface area contributed by atoms with Gasteiger partial charge in [0, 0.05) is 36.3 Å². The van der Waals surface area contributed by atoms with E-state index in [4.69, 9.17) is 0 Å². The summed E-state index contributed by atoms with van der Waals surface area (Å²) in [5, 5.41) is 21.9. The van der Waals surface area contributed by atoms with Crippen LogP contribution in [-0.2, 0) is 4.79 Å². The minimum atomic E-state index is -0.482. The maximum atomic E-state index is 12.4. The van der Waals surface area contributed by atoms with E-state index in [1.54, 1.807) is 36.4 Å². The van der Waals surface area contributed by atoms with Crippen molar-refractivity contribution in [2.24, 2.45) is 0 Å². The summed E-state index contributed by atoms with van der Waals surface area (Å²) in [4.78, 5) is 33.4. The number of allylic oxidation sites excluding steroid dienone is 2. The first kappa shape index (κ1) is 18.2. The van der Waals surface area contributed by atoms with Gasteiger partial charge in [0.15, 0.2) is 5.78 Å². The van der Waals surface area contributed by atoms with E-state index in [-0.39, 0.29) is 17.2 Å². The molecule has 0 aliphatic heterocycles. The van der Waals surface area contributed by atoms with Crippen LogP contribution in [0.4, 0.5) is 11.4 Å². The molecule has 0 N–H and O–H groups in total. The maximum Gasteiger partial charge on any atom is 0.270 e. The highest BCUT2D eigenvalue weighted by Gasteiger charge is 2.20. The quantitative estimate of drug-likeness (QED) is 0.443. The molecular weight excluding hydrogens is 348 g/mol. The predicted molar refractivity (Wildman–Crippen MR) is 101 cm³/mol. The average molecular weight is 364 g/mol. The number of nitro benzene ring substituents is 2. The largest absolute Gasteiger partial charge is 0.294 e. The summed E-state index contributed by atoms with van der Waals surface area (Å²) in [5.74, 6) is -0.0376.